The second-order valence-electron chi connectivity index (χ2n) is 7.03. The molecule has 1 aliphatic carbocycles. The van der Waals surface area contributed by atoms with E-state index in [2.05, 4.69) is 26.0 Å². The highest BCUT2D eigenvalue weighted by atomic mass is 35.5. The lowest BCUT2D eigenvalue weighted by Crippen LogP contribution is -2.37. The monoisotopic (exact) mass is 293 g/mol. The predicted molar refractivity (Wildman–Crippen MR) is 83.7 cm³/mol. The molecule has 1 aromatic carbocycles. The fourth-order valence-electron chi connectivity index (χ4n) is 3.88. The van der Waals surface area contributed by atoms with Gasteiger partial charge in [-0.15, -0.1) is 0 Å². The van der Waals surface area contributed by atoms with Crippen LogP contribution >= 0.6 is 11.6 Å². The summed E-state index contributed by atoms with van der Waals surface area (Å²) in [4.78, 5) is 0. The third kappa shape index (κ3) is 2.33. The van der Waals surface area contributed by atoms with Crippen LogP contribution in [0.3, 0.4) is 0 Å². The highest BCUT2D eigenvalue weighted by Crippen LogP contribution is 2.48. The van der Waals surface area contributed by atoms with Crippen molar-refractivity contribution in [3.05, 3.63) is 28.3 Å². The van der Waals surface area contributed by atoms with Gasteiger partial charge >= 0.3 is 0 Å². The van der Waals surface area contributed by atoms with Crippen LogP contribution in [0.15, 0.2) is 12.1 Å². The number of halogens is 1. The van der Waals surface area contributed by atoms with Crippen LogP contribution in [-0.2, 0) is 11.8 Å². The van der Waals surface area contributed by atoms with Gasteiger partial charge in [-0.25, -0.2) is 0 Å². The topological polar surface area (TPSA) is 35.2 Å². The smallest absolute Gasteiger partial charge is 0.127 e. The number of fused-ring (bicyclic) bond motifs is 1. The summed E-state index contributed by atoms with van der Waals surface area (Å²) in [6, 6.07) is 4.15. The standard InChI is InChI=1S/C17H24ClNO/c1-16(2)10-12-8-13(18)9-14(15(12)20-16)17(11-19)6-4-3-5-7-17/h8-9H,3-7,10-11,19H2,1-2H3. The van der Waals surface area contributed by atoms with Gasteiger partial charge in [-0.1, -0.05) is 30.9 Å². The molecular weight excluding hydrogens is 270 g/mol. The Labute approximate surface area is 126 Å². The summed E-state index contributed by atoms with van der Waals surface area (Å²) in [5.41, 5.74) is 8.62. The first-order chi connectivity index (χ1) is 9.46. The third-order valence-electron chi connectivity index (χ3n) is 4.90. The van der Waals surface area contributed by atoms with E-state index in [1.54, 1.807) is 0 Å². The van der Waals surface area contributed by atoms with Gasteiger partial charge in [0.25, 0.3) is 0 Å². The quantitative estimate of drug-likeness (QED) is 0.886. The Bertz CT molecular complexity index is 518. The maximum Gasteiger partial charge on any atom is 0.127 e. The summed E-state index contributed by atoms with van der Waals surface area (Å²) in [6.07, 6.45) is 7.05. The van der Waals surface area contributed by atoms with E-state index in [9.17, 15) is 0 Å². The van der Waals surface area contributed by atoms with E-state index in [1.807, 2.05) is 0 Å². The van der Waals surface area contributed by atoms with Gasteiger partial charge in [-0.2, -0.15) is 0 Å². The Morgan fingerprint density at radius 3 is 2.55 bits per heavy atom. The molecule has 0 spiro atoms. The molecule has 1 heterocycles. The molecule has 1 aliphatic heterocycles. The maximum absolute atomic E-state index is 6.36. The molecule has 0 atom stereocenters. The zero-order chi connectivity index (χ0) is 14.4. The SMILES string of the molecule is CC1(C)Cc2cc(Cl)cc(C3(CN)CCCCC3)c2O1. The van der Waals surface area contributed by atoms with Crippen LogP contribution in [0.5, 0.6) is 5.75 Å². The molecule has 2 aliphatic rings. The van der Waals surface area contributed by atoms with E-state index in [1.165, 1.54) is 30.4 Å². The van der Waals surface area contributed by atoms with Crippen LogP contribution < -0.4 is 10.5 Å². The van der Waals surface area contributed by atoms with E-state index in [0.717, 1.165) is 30.0 Å². The number of nitrogens with two attached hydrogens (primary N) is 1. The van der Waals surface area contributed by atoms with Crippen LogP contribution in [0.25, 0.3) is 0 Å². The van der Waals surface area contributed by atoms with Crippen LogP contribution in [-0.4, -0.2) is 12.1 Å². The molecule has 3 rings (SSSR count). The third-order valence-corrected chi connectivity index (χ3v) is 5.12. The zero-order valence-corrected chi connectivity index (χ0v) is 13.2. The fraction of sp³-hybridized carbons (Fsp3) is 0.647. The molecule has 0 unspecified atom stereocenters. The van der Waals surface area contributed by atoms with Crippen LogP contribution in [0.4, 0.5) is 0 Å². The van der Waals surface area contributed by atoms with Crippen molar-refractivity contribution < 1.29 is 4.74 Å². The van der Waals surface area contributed by atoms with Crippen molar-refractivity contribution in [3.8, 4) is 5.75 Å². The summed E-state index contributed by atoms with van der Waals surface area (Å²) in [7, 11) is 0. The van der Waals surface area contributed by atoms with Crippen LogP contribution in [0, 0.1) is 0 Å². The Kier molecular flexibility index (Phi) is 3.50. The normalized spacial score (nSPS) is 23.2. The van der Waals surface area contributed by atoms with Gasteiger partial charge in [0.15, 0.2) is 0 Å². The van der Waals surface area contributed by atoms with E-state index >= 15 is 0 Å². The molecule has 1 aromatic rings. The molecule has 0 saturated heterocycles. The number of hydrogen-bond acceptors (Lipinski definition) is 2. The van der Waals surface area contributed by atoms with Gasteiger partial charge in [0.2, 0.25) is 0 Å². The van der Waals surface area contributed by atoms with E-state index in [4.69, 9.17) is 22.1 Å². The van der Waals surface area contributed by atoms with Crippen molar-refractivity contribution in [2.45, 2.75) is 63.4 Å². The van der Waals surface area contributed by atoms with Crippen molar-refractivity contribution in [3.63, 3.8) is 0 Å². The number of rotatable bonds is 2. The number of hydrogen-bond donors (Lipinski definition) is 1. The summed E-state index contributed by atoms with van der Waals surface area (Å²) in [5.74, 6) is 1.06. The lowest BCUT2D eigenvalue weighted by Gasteiger charge is -2.38. The van der Waals surface area contributed by atoms with Gasteiger partial charge < -0.3 is 10.5 Å². The molecule has 110 valence electrons. The van der Waals surface area contributed by atoms with Crippen molar-refractivity contribution >= 4 is 11.6 Å². The van der Waals surface area contributed by atoms with Gasteiger partial charge in [0.05, 0.1) is 0 Å². The average Bonchev–Trinajstić information content (AvgIpc) is 2.72. The molecule has 2 N–H and O–H groups in total. The lowest BCUT2D eigenvalue weighted by atomic mass is 9.69. The van der Waals surface area contributed by atoms with E-state index in [0.29, 0.717) is 6.54 Å². The Hall–Kier alpha value is -0.730. The molecule has 3 heteroatoms. The van der Waals surface area contributed by atoms with Crippen molar-refractivity contribution in [1.82, 2.24) is 0 Å². The van der Waals surface area contributed by atoms with E-state index in [-0.39, 0.29) is 11.0 Å². The summed E-state index contributed by atoms with van der Waals surface area (Å²) >= 11 is 6.36. The van der Waals surface area contributed by atoms with Gasteiger partial charge in [0, 0.05) is 29.0 Å². The first kappa shape index (κ1) is 14.2. The Balaban J connectivity index is 2.10. The second-order valence-corrected chi connectivity index (χ2v) is 7.46. The summed E-state index contributed by atoms with van der Waals surface area (Å²) < 4.78 is 6.25. The largest absolute Gasteiger partial charge is 0.487 e. The van der Waals surface area contributed by atoms with Gasteiger partial charge in [0.1, 0.15) is 11.4 Å². The maximum atomic E-state index is 6.36. The molecule has 1 saturated carbocycles. The minimum Gasteiger partial charge on any atom is -0.487 e. The van der Waals surface area contributed by atoms with Gasteiger partial charge in [-0.3, -0.25) is 0 Å². The first-order valence-corrected chi connectivity index (χ1v) is 8.06. The minimum atomic E-state index is -0.133. The van der Waals surface area contributed by atoms with Crippen molar-refractivity contribution in [2.24, 2.45) is 5.73 Å². The molecule has 1 fully saturated rings. The predicted octanol–water partition coefficient (Wildman–Crippen LogP) is 4.21. The highest BCUT2D eigenvalue weighted by molar-refractivity contribution is 6.30. The summed E-state index contributed by atoms with van der Waals surface area (Å²) in [6.45, 7) is 4.96. The Morgan fingerprint density at radius 1 is 1.20 bits per heavy atom. The van der Waals surface area contributed by atoms with Crippen LogP contribution in [0.1, 0.15) is 57.1 Å². The molecule has 0 amide bonds. The first-order valence-electron chi connectivity index (χ1n) is 7.68. The minimum absolute atomic E-state index is 0.0631. The number of ether oxygens (including phenoxy) is 1. The molecular formula is C17H24ClNO. The molecule has 0 bridgehead atoms. The zero-order valence-electron chi connectivity index (χ0n) is 12.5. The van der Waals surface area contributed by atoms with Gasteiger partial charge in [-0.05, 0) is 44.4 Å². The second kappa shape index (κ2) is 4.92. The van der Waals surface area contributed by atoms with Crippen LogP contribution in [0.2, 0.25) is 5.02 Å². The molecule has 2 nitrogen and oxygen atoms in total. The lowest BCUT2D eigenvalue weighted by molar-refractivity contribution is 0.133. The molecule has 20 heavy (non-hydrogen) atoms. The average molecular weight is 294 g/mol. The number of benzene rings is 1. The fourth-order valence-corrected chi connectivity index (χ4v) is 4.12. The molecule has 0 radical (unpaired) electrons. The summed E-state index contributed by atoms with van der Waals surface area (Å²) in [5, 5.41) is 0.818. The van der Waals surface area contributed by atoms with Crippen molar-refractivity contribution in [2.75, 3.05) is 6.54 Å². The molecule has 0 aromatic heterocycles. The Morgan fingerprint density at radius 2 is 1.90 bits per heavy atom. The van der Waals surface area contributed by atoms with Crippen molar-refractivity contribution in [1.29, 1.82) is 0 Å². The van der Waals surface area contributed by atoms with E-state index < -0.39 is 0 Å². The highest BCUT2D eigenvalue weighted by Gasteiger charge is 2.40.